The lowest BCUT2D eigenvalue weighted by Gasteiger charge is -2.04. The lowest BCUT2D eigenvalue weighted by atomic mass is 10.2. The van der Waals surface area contributed by atoms with Crippen LogP contribution in [0.1, 0.15) is 26.2 Å². The van der Waals surface area contributed by atoms with Gasteiger partial charge in [0.1, 0.15) is 5.78 Å². The molecular weight excluding hydrogens is 226 g/mol. The zero-order valence-electron chi connectivity index (χ0n) is 9.13. The highest BCUT2D eigenvalue weighted by atomic mass is 35.5. The van der Waals surface area contributed by atoms with Crippen molar-refractivity contribution in [3.8, 4) is 0 Å². The minimum atomic E-state index is -0.0800. The fourth-order valence-corrected chi connectivity index (χ4v) is 1.38. The van der Waals surface area contributed by atoms with Crippen molar-refractivity contribution in [3.63, 3.8) is 0 Å². The van der Waals surface area contributed by atoms with E-state index in [0.29, 0.717) is 24.3 Å². The summed E-state index contributed by atoms with van der Waals surface area (Å²) in [6.07, 6.45) is 1.41. The van der Waals surface area contributed by atoms with Crippen molar-refractivity contribution in [2.24, 2.45) is 0 Å². The largest absolute Gasteiger partial charge is 0.326 e. The van der Waals surface area contributed by atoms with Gasteiger partial charge in [0.25, 0.3) is 0 Å². The number of rotatable bonds is 5. The van der Waals surface area contributed by atoms with E-state index < -0.39 is 0 Å². The summed E-state index contributed by atoms with van der Waals surface area (Å²) in [7, 11) is 0. The van der Waals surface area contributed by atoms with Crippen molar-refractivity contribution in [2.75, 3.05) is 5.32 Å². The Balaban J connectivity index is 2.34. The summed E-state index contributed by atoms with van der Waals surface area (Å²) in [4.78, 5) is 22.1. The average molecular weight is 240 g/mol. The molecule has 16 heavy (non-hydrogen) atoms. The number of Topliss-reactive ketones (excluding diaryl/α,β-unsaturated/α-hetero) is 1. The van der Waals surface area contributed by atoms with E-state index in [1.807, 2.05) is 0 Å². The van der Waals surface area contributed by atoms with Gasteiger partial charge in [-0.25, -0.2) is 0 Å². The fourth-order valence-electron chi connectivity index (χ4n) is 1.25. The second-order valence-corrected chi connectivity index (χ2v) is 4.05. The molecule has 1 amide bonds. The van der Waals surface area contributed by atoms with Gasteiger partial charge >= 0.3 is 0 Å². The van der Waals surface area contributed by atoms with Crippen LogP contribution in [0.15, 0.2) is 24.3 Å². The van der Waals surface area contributed by atoms with Gasteiger partial charge in [-0.05, 0) is 37.6 Å². The first-order valence-electron chi connectivity index (χ1n) is 5.13. The number of ketones is 1. The summed E-state index contributed by atoms with van der Waals surface area (Å²) in [6, 6.07) is 6.91. The molecule has 4 heteroatoms. The van der Waals surface area contributed by atoms with E-state index in [1.165, 1.54) is 6.92 Å². The third kappa shape index (κ3) is 4.94. The summed E-state index contributed by atoms with van der Waals surface area (Å²) < 4.78 is 0. The topological polar surface area (TPSA) is 46.2 Å². The number of halogens is 1. The van der Waals surface area contributed by atoms with Crippen molar-refractivity contribution in [1.29, 1.82) is 0 Å². The van der Waals surface area contributed by atoms with Gasteiger partial charge in [0.2, 0.25) is 5.91 Å². The normalized spacial score (nSPS) is 9.88. The first-order valence-corrected chi connectivity index (χ1v) is 5.50. The standard InChI is InChI=1S/C12H14ClNO2/c1-9(15)3-2-4-12(16)14-11-7-5-10(13)6-8-11/h5-8H,2-4H2,1H3,(H,14,16). The zero-order valence-corrected chi connectivity index (χ0v) is 9.88. The summed E-state index contributed by atoms with van der Waals surface area (Å²) in [5, 5.41) is 3.37. The highest BCUT2D eigenvalue weighted by molar-refractivity contribution is 6.30. The molecule has 0 spiro atoms. The summed E-state index contributed by atoms with van der Waals surface area (Å²) in [6.45, 7) is 1.52. The summed E-state index contributed by atoms with van der Waals surface area (Å²) >= 11 is 5.72. The Hall–Kier alpha value is -1.35. The summed E-state index contributed by atoms with van der Waals surface area (Å²) in [5.41, 5.74) is 0.720. The van der Waals surface area contributed by atoms with Crippen LogP contribution in [0, 0.1) is 0 Å². The highest BCUT2D eigenvalue weighted by Crippen LogP contribution is 2.13. The second-order valence-electron chi connectivity index (χ2n) is 3.61. The Morgan fingerprint density at radius 2 is 1.81 bits per heavy atom. The van der Waals surface area contributed by atoms with Crippen molar-refractivity contribution in [2.45, 2.75) is 26.2 Å². The molecule has 0 aliphatic heterocycles. The first kappa shape index (κ1) is 12.7. The van der Waals surface area contributed by atoms with Crippen LogP contribution in [-0.2, 0) is 9.59 Å². The minimum absolute atomic E-state index is 0.0800. The molecule has 0 atom stereocenters. The van der Waals surface area contributed by atoms with Gasteiger partial charge in [-0.1, -0.05) is 11.6 Å². The van der Waals surface area contributed by atoms with Gasteiger partial charge in [0.15, 0.2) is 0 Å². The Kier molecular flexibility index (Phi) is 4.99. The van der Waals surface area contributed by atoms with E-state index in [-0.39, 0.29) is 11.7 Å². The SMILES string of the molecule is CC(=O)CCCC(=O)Nc1ccc(Cl)cc1. The zero-order chi connectivity index (χ0) is 12.0. The molecule has 3 nitrogen and oxygen atoms in total. The van der Waals surface area contributed by atoms with Crippen molar-refractivity contribution in [1.82, 2.24) is 0 Å². The van der Waals surface area contributed by atoms with Gasteiger partial charge in [0, 0.05) is 23.6 Å². The predicted octanol–water partition coefficient (Wildman–Crippen LogP) is 3.04. The number of carbonyl (C=O) groups is 2. The van der Waals surface area contributed by atoms with Crippen molar-refractivity contribution in [3.05, 3.63) is 29.3 Å². The van der Waals surface area contributed by atoms with Crippen LogP contribution < -0.4 is 5.32 Å². The van der Waals surface area contributed by atoms with Gasteiger partial charge in [-0.3, -0.25) is 4.79 Å². The molecule has 0 saturated carbocycles. The molecule has 0 radical (unpaired) electrons. The van der Waals surface area contributed by atoms with Gasteiger partial charge < -0.3 is 10.1 Å². The molecule has 0 aliphatic carbocycles. The van der Waals surface area contributed by atoms with Gasteiger partial charge in [-0.15, -0.1) is 0 Å². The van der Waals surface area contributed by atoms with E-state index in [2.05, 4.69) is 5.32 Å². The molecule has 1 rings (SSSR count). The number of anilines is 1. The van der Waals surface area contributed by atoms with Crippen molar-refractivity contribution >= 4 is 29.0 Å². The molecule has 1 N–H and O–H groups in total. The van der Waals surface area contributed by atoms with Crippen LogP contribution in [0.5, 0.6) is 0 Å². The number of hydrogen-bond acceptors (Lipinski definition) is 2. The smallest absolute Gasteiger partial charge is 0.224 e. The molecule has 0 unspecified atom stereocenters. The maximum atomic E-state index is 11.4. The van der Waals surface area contributed by atoms with Crippen LogP contribution in [-0.4, -0.2) is 11.7 Å². The molecule has 0 aromatic heterocycles. The lowest BCUT2D eigenvalue weighted by Crippen LogP contribution is -2.11. The van der Waals surface area contributed by atoms with Crippen LogP contribution in [0.3, 0.4) is 0 Å². The maximum absolute atomic E-state index is 11.4. The number of hydrogen-bond donors (Lipinski definition) is 1. The maximum Gasteiger partial charge on any atom is 0.224 e. The third-order valence-electron chi connectivity index (χ3n) is 2.06. The lowest BCUT2D eigenvalue weighted by molar-refractivity contribution is -0.117. The third-order valence-corrected chi connectivity index (χ3v) is 2.31. The van der Waals surface area contributed by atoms with Crippen LogP contribution in [0.4, 0.5) is 5.69 Å². The number of nitrogens with one attached hydrogen (secondary N) is 1. The Bertz CT molecular complexity index is 373. The van der Waals surface area contributed by atoms with E-state index >= 15 is 0 Å². The van der Waals surface area contributed by atoms with Crippen molar-refractivity contribution < 1.29 is 9.59 Å². The quantitative estimate of drug-likeness (QED) is 0.859. The molecule has 0 bridgehead atoms. The predicted molar refractivity (Wildman–Crippen MR) is 64.6 cm³/mol. The molecule has 0 saturated heterocycles. The Morgan fingerprint density at radius 1 is 1.19 bits per heavy atom. The number of benzene rings is 1. The molecule has 1 aromatic carbocycles. The van der Waals surface area contributed by atoms with E-state index in [4.69, 9.17) is 11.6 Å². The van der Waals surface area contributed by atoms with Crippen LogP contribution >= 0.6 is 11.6 Å². The van der Waals surface area contributed by atoms with E-state index in [0.717, 1.165) is 5.69 Å². The van der Waals surface area contributed by atoms with E-state index in [9.17, 15) is 9.59 Å². The second kappa shape index (κ2) is 6.28. The van der Waals surface area contributed by atoms with E-state index in [1.54, 1.807) is 24.3 Å². The Morgan fingerprint density at radius 3 is 2.38 bits per heavy atom. The first-order chi connectivity index (χ1) is 7.58. The molecule has 86 valence electrons. The highest BCUT2D eigenvalue weighted by Gasteiger charge is 2.03. The van der Waals surface area contributed by atoms with Crippen LogP contribution in [0.25, 0.3) is 0 Å². The molecule has 0 heterocycles. The van der Waals surface area contributed by atoms with Gasteiger partial charge in [-0.2, -0.15) is 0 Å². The van der Waals surface area contributed by atoms with Gasteiger partial charge in [0.05, 0.1) is 0 Å². The minimum Gasteiger partial charge on any atom is -0.326 e. The summed E-state index contributed by atoms with van der Waals surface area (Å²) in [5.74, 6) is 0.0304. The number of amides is 1. The van der Waals surface area contributed by atoms with Crippen LogP contribution in [0.2, 0.25) is 5.02 Å². The average Bonchev–Trinajstić information content (AvgIpc) is 2.21. The number of carbonyl (C=O) groups excluding carboxylic acids is 2. The molecular formula is C12H14ClNO2. The monoisotopic (exact) mass is 239 g/mol. The Labute approximate surface area is 99.8 Å². The fraction of sp³-hybridized carbons (Fsp3) is 0.333. The molecule has 0 aliphatic rings. The molecule has 1 aromatic rings. The molecule has 0 fully saturated rings.